The standard InChI is InChI=1S/C17H19NO/c1-3-18(16-11-7-8-14(2)12-16)17(19)13-15-9-5-4-6-10-15/h4-12H,3,13H2,1-2H3. The van der Waals surface area contributed by atoms with Gasteiger partial charge in [-0.3, -0.25) is 4.79 Å². The van der Waals surface area contributed by atoms with Gasteiger partial charge < -0.3 is 4.90 Å². The van der Waals surface area contributed by atoms with Crippen LogP contribution in [0.25, 0.3) is 0 Å². The van der Waals surface area contributed by atoms with Crippen molar-refractivity contribution in [3.63, 3.8) is 0 Å². The van der Waals surface area contributed by atoms with E-state index < -0.39 is 0 Å². The van der Waals surface area contributed by atoms with Gasteiger partial charge in [0, 0.05) is 12.2 Å². The van der Waals surface area contributed by atoms with Crippen LogP contribution in [0.2, 0.25) is 0 Å². The summed E-state index contributed by atoms with van der Waals surface area (Å²) in [7, 11) is 0. The third kappa shape index (κ3) is 3.44. The maximum Gasteiger partial charge on any atom is 0.231 e. The Kier molecular flexibility index (Phi) is 4.35. The molecule has 0 N–H and O–H groups in total. The lowest BCUT2D eigenvalue weighted by Crippen LogP contribution is -2.32. The first kappa shape index (κ1) is 13.3. The predicted molar refractivity (Wildman–Crippen MR) is 79.4 cm³/mol. The summed E-state index contributed by atoms with van der Waals surface area (Å²) in [6.07, 6.45) is 0.447. The Hall–Kier alpha value is -2.09. The zero-order valence-electron chi connectivity index (χ0n) is 11.5. The van der Waals surface area contributed by atoms with E-state index in [1.807, 2.05) is 73.3 Å². The number of amides is 1. The summed E-state index contributed by atoms with van der Waals surface area (Å²) in [6.45, 7) is 4.74. The number of likely N-dealkylation sites (N-methyl/N-ethyl adjacent to an activating group) is 1. The highest BCUT2D eigenvalue weighted by molar-refractivity contribution is 5.94. The second-order valence-corrected chi connectivity index (χ2v) is 4.64. The van der Waals surface area contributed by atoms with E-state index in [1.54, 1.807) is 0 Å². The van der Waals surface area contributed by atoms with Crippen molar-refractivity contribution >= 4 is 11.6 Å². The van der Waals surface area contributed by atoms with Crippen LogP contribution in [-0.4, -0.2) is 12.5 Å². The zero-order chi connectivity index (χ0) is 13.7. The highest BCUT2D eigenvalue weighted by atomic mass is 16.2. The molecule has 2 rings (SSSR count). The van der Waals surface area contributed by atoms with Crippen molar-refractivity contribution in [2.24, 2.45) is 0 Å². The molecule has 0 aliphatic rings. The molecule has 2 aromatic carbocycles. The fourth-order valence-corrected chi connectivity index (χ4v) is 2.16. The zero-order valence-corrected chi connectivity index (χ0v) is 11.5. The van der Waals surface area contributed by atoms with Gasteiger partial charge in [-0.2, -0.15) is 0 Å². The SMILES string of the molecule is CCN(C(=O)Cc1ccccc1)c1cccc(C)c1. The molecule has 0 radical (unpaired) electrons. The summed E-state index contributed by atoms with van der Waals surface area (Å²) in [4.78, 5) is 14.2. The Bertz CT molecular complexity index is 548. The van der Waals surface area contributed by atoms with Crippen LogP contribution >= 0.6 is 0 Å². The smallest absolute Gasteiger partial charge is 0.231 e. The normalized spacial score (nSPS) is 10.2. The lowest BCUT2D eigenvalue weighted by atomic mass is 10.1. The molecular weight excluding hydrogens is 234 g/mol. The first-order chi connectivity index (χ1) is 9.20. The molecule has 0 saturated carbocycles. The van der Waals surface area contributed by atoms with Crippen LogP contribution in [0.4, 0.5) is 5.69 Å². The first-order valence-corrected chi connectivity index (χ1v) is 6.61. The van der Waals surface area contributed by atoms with Crippen LogP contribution in [0.5, 0.6) is 0 Å². The molecule has 0 spiro atoms. The summed E-state index contributed by atoms with van der Waals surface area (Å²) in [6, 6.07) is 17.9. The average Bonchev–Trinajstić information content (AvgIpc) is 2.41. The molecule has 19 heavy (non-hydrogen) atoms. The summed E-state index contributed by atoms with van der Waals surface area (Å²) in [5.41, 5.74) is 3.20. The maximum atomic E-state index is 12.4. The lowest BCUT2D eigenvalue weighted by Gasteiger charge is -2.21. The Labute approximate surface area is 114 Å². The van der Waals surface area contributed by atoms with Crippen molar-refractivity contribution in [2.75, 3.05) is 11.4 Å². The Morgan fingerprint density at radius 1 is 1.05 bits per heavy atom. The van der Waals surface area contributed by atoms with E-state index >= 15 is 0 Å². The topological polar surface area (TPSA) is 20.3 Å². The average molecular weight is 253 g/mol. The van der Waals surface area contributed by atoms with Gasteiger partial charge in [-0.15, -0.1) is 0 Å². The largest absolute Gasteiger partial charge is 0.312 e. The molecule has 0 aliphatic heterocycles. The molecule has 0 unspecified atom stereocenters. The van der Waals surface area contributed by atoms with Gasteiger partial charge in [0.2, 0.25) is 5.91 Å². The second-order valence-electron chi connectivity index (χ2n) is 4.64. The van der Waals surface area contributed by atoms with E-state index in [0.717, 1.165) is 11.3 Å². The van der Waals surface area contributed by atoms with Gasteiger partial charge in [0.25, 0.3) is 0 Å². The lowest BCUT2D eigenvalue weighted by molar-refractivity contribution is -0.117. The number of benzene rings is 2. The molecule has 0 aliphatic carbocycles. The molecular formula is C17H19NO. The number of carbonyl (C=O) groups excluding carboxylic acids is 1. The fourth-order valence-electron chi connectivity index (χ4n) is 2.16. The fraction of sp³-hybridized carbons (Fsp3) is 0.235. The van der Waals surface area contributed by atoms with Crippen molar-refractivity contribution < 1.29 is 4.79 Å². The molecule has 1 amide bonds. The minimum atomic E-state index is 0.138. The number of rotatable bonds is 4. The molecule has 0 aromatic heterocycles. The number of carbonyl (C=O) groups is 1. The summed E-state index contributed by atoms with van der Waals surface area (Å²) in [5, 5.41) is 0. The molecule has 0 heterocycles. The molecule has 0 fully saturated rings. The highest BCUT2D eigenvalue weighted by Gasteiger charge is 2.14. The van der Waals surface area contributed by atoms with Gasteiger partial charge >= 0.3 is 0 Å². The second kappa shape index (κ2) is 6.19. The third-order valence-corrected chi connectivity index (χ3v) is 3.13. The molecule has 2 aromatic rings. The first-order valence-electron chi connectivity index (χ1n) is 6.61. The highest BCUT2D eigenvalue weighted by Crippen LogP contribution is 2.17. The Balaban J connectivity index is 2.16. The van der Waals surface area contributed by atoms with Gasteiger partial charge in [0.05, 0.1) is 6.42 Å². The monoisotopic (exact) mass is 253 g/mol. The number of hydrogen-bond acceptors (Lipinski definition) is 1. The number of aryl methyl sites for hydroxylation is 1. The quantitative estimate of drug-likeness (QED) is 0.815. The van der Waals surface area contributed by atoms with Crippen molar-refractivity contribution in [1.82, 2.24) is 0 Å². The minimum absolute atomic E-state index is 0.138. The van der Waals surface area contributed by atoms with E-state index in [0.29, 0.717) is 13.0 Å². The maximum absolute atomic E-state index is 12.4. The molecule has 2 nitrogen and oxygen atoms in total. The molecule has 0 atom stereocenters. The molecule has 0 bridgehead atoms. The van der Waals surface area contributed by atoms with Crippen LogP contribution in [0.15, 0.2) is 54.6 Å². The van der Waals surface area contributed by atoms with Gasteiger partial charge in [0.15, 0.2) is 0 Å². The molecule has 98 valence electrons. The Morgan fingerprint density at radius 3 is 2.42 bits per heavy atom. The van der Waals surface area contributed by atoms with Crippen LogP contribution < -0.4 is 4.90 Å². The summed E-state index contributed by atoms with van der Waals surface area (Å²) < 4.78 is 0. The molecule has 2 heteroatoms. The van der Waals surface area contributed by atoms with E-state index in [1.165, 1.54) is 5.56 Å². The van der Waals surface area contributed by atoms with Gasteiger partial charge in [-0.05, 0) is 37.1 Å². The third-order valence-electron chi connectivity index (χ3n) is 3.13. The van der Waals surface area contributed by atoms with Crippen molar-refractivity contribution in [1.29, 1.82) is 0 Å². The van der Waals surface area contributed by atoms with E-state index in [9.17, 15) is 4.79 Å². The number of nitrogens with zero attached hydrogens (tertiary/aromatic N) is 1. The summed E-state index contributed by atoms with van der Waals surface area (Å²) in [5.74, 6) is 0.138. The van der Waals surface area contributed by atoms with Gasteiger partial charge in [-0.1, -0.05) is 42.5 Å². The molecule has 0 saturated heterocycles. The van der Waals surface area contributed by atoms with Crippen LogP contribution in [-0.2, 0) is 11.2 Å². The van der Waals surface area contributed by atoms with Crippen molar-refractivity contribution in [3.05, 3.63) is 65.7 Å². The van der Waals surface area contributed by atoms with Gasteiger partial charge in [0.1, 0.15) is 0 Å². The Morgan fingerprint density at radius 2 is 1.79 bits per heavy atom. The van der Waals surface area contributed by atoms with E-state index in [2.05, 4.69) is 0 Å². The summed E-state index contributed by atoms with van der Waals surface area (Å²) >= 11 is 0. The minimum Gasteiger partial charge on any atom is -0.312 e. The number of hydrogen-bond donors (Lipinski definition) is 0. The van der Waals surface area contributed by atoms with Crippen LogP contribution in [0.3, 0.4) is 0 Å². The van der Waals surface area contributed by atoms with Crippen LogP contribution in [0, 0.1) is 6.92 Å². The van der Waals surface area contributed by atoms with Gasteiger partial charge in [-0.25, -0.2) is 0 Å². The van der Waals surface area contributed by atoms with Crippen molar-refractivity contribution in [3.8, 4) is 0 Å². The van der Waals surface area contributed by atoms with Crippen molar-refractivity contribution in [2.45, 2.75) is 20.3 Å². The van der Waals surface area contributed by atoms with Crippen LogP contribution in [0.1, 0.15) is 18.1 Å². The van der Waals surface area contributed by atoms with E-state index in [-0.39, 0.29) is 5.91 Å². The number of anilines is 1. The predicted octanol–water partition coefficient (Wildman–Crippen LogP) is 3.59. The van der Waals surface area contributed by atoms with E-state index in [4.69, 9.17) is 0 Å².